The molecule has 0 heterocycles. The molecule has 0 atom stereocenters. The van der Waals surface area contributed by atoms with Crippen LogP contribution in [0.3, 0.4) is 0 Å². The average Bonchev–Trinajstić information content (AvgIpc) is 2.61. The van der Waals surface area contributed by atoms with Gasteiger partial charge in [0.15, 0.2) is 0 Å². The molecule has 0 spiro atoms. The van der Waals surface area contributed by atoms with Gasteiger partial charge in [0, 0.05) is 35.2 Å². The second kappa shape index (κ2) is 8.85. The number of amides is 1. The number of thioether (sulfide) groups is 1. The number of nitrogens with one attached hydrogen (secondary N) is 1. The average molecular weight is 355 g/mol. The molecule has 0 saturated heterocycles. The Morgan fingerprint density at radius 1 is 1.32 bits per heavy atom. The fraction of sp³-hybridized carbons (Fsp3) is 0.222. The van der Waals surface area contributed by atoms with Crippen LogP contribution in [0.15, 0.2) is 42.5 Å². The number of rotatable bonds is 7. The zero-order valence-corrected chi connectivity index (χ0v) is 14.5. The van der Waals surface area contributed by atoms with E-state index in [9.17, 15) is 14.9 Å². The van der Waals surface area contributed by atoms with Gasteiger partial charge in [-0.05, 0) is 30.7 Å². The van der Waals surface area contributed by atoms with E-state index in [4.69, 9.17) is 5.26 Å². The number of carbonyl (C=O) groups is 1. The van der Waals surface area contributed by atoms with Crippen molar-refractivity contribution in [2.24, 2.45) is 0 Å². The third-order valence-corrected chi connectivity index (χ3v) is 4.59. The summed E-state index contributed by atoms with van der Waals surface area (Å²) < 4.78 is 0. The highest BCUT2D eigenvalue weighted by atomic mass is 32.2. The van der Waals surface area contributed by atoms with Gasteiger partial charge in [0.05, 0.1) is 16.6 Å². The molecule has 6 nitrogen and oxygen atoms in total. The molecule has 25 heavy (non-hydrogen) atoms. The smallest absolute Gasteiger partial charge is 0.272 e. The molecular weight excluding hydrogens is 338 g/mol. The SMILES string of the molecule is Cc1cc(C(=O)NCCSCc2ccccc2C#N)ccc1[N+](=O)[O-]. The van der Waals surface area contributed by atoms with Crippen molar-refractivity contribution in [3.8, 4) is 6.07 Å². The van der Waals surface area contributed by atoms with Gasteiger partial charge in [-0.3, -0.25) is 14.9 Å². The number of hydrogen-bond acceptors (Lipinski definition) is 5. The largest absolute Gasteiger partial charge is 0.351 e. The van der Waals surface area contributed by atoms with E-state index in [1.807, 2.05) is 18.2 Å². The van der Waals surface area contributed by atoms with E-state index in [1.165, 1.54) is 18.2 Å². The lowest BCUT2D eigenvalue weighted by molar-refractivity contribution is -0.385. The van der Waals surface area contributed by atoms with Crippen molar-refractivity contribution < 1.29 is 9.72 Å². The van der Waals surface area contributed by atoms with Crippen LogP contribution in [-0.2, 0) is 5.75 Å². The fourth-order valence-electron chi connectivity index (χ4n) is 2.28. The zero-order chi connectivity index (χ0) is 18.2. The van der Waals surface area contributed by atoms with Gasteiger partial charge < -0.3 is 5.32 Å². The Morgan fingerprint density at radius 3 is 2.76 bits per heavy atom. The van der Waals surface area contributed by atoms with E-state index < -0.39 is 4.92 Å². The molecule has 0 radical (unpaired) electrons. The van der Waals surface area contributed by atoms with Gasteiger partial charge in [-0.15, -0.1) is 0 Å². The normalized spacial score (nSPS) is 10.1. The van der Waals surface area contributed by atoms with Crippen molar-refractivity contribution in [1.29, 1.82) is 5.26 Å². The van der Waals surface area contributed by atoms with Crippen molar-refractivity contribution >= 4 is 23.4 Å². The molecular formula is C18H17N3O3S. The zero-order valence-electron chi connectivity index (χ0n) is 13.7. The van der Waals surface area contributed by atoms with Gasteiger partial charge in [0.1, 0.15) is 0 Å². The Morgan fingerprint density at radius 2 is 2.08 bits per heavy atom. The summed E-state index contributed by atoms with van der Waals surface area (Å²) in [5.41, 5.74) is 2.51. The van der Waals surface area contributed by atoms with Crippen LogP contribution in [-0.4, -0.2) is 23.1 Å². The maximum Gasteiger partial charge on any atom is 0.272 e. The van der Waals surface area contributed by atoms with Crippen LogP contribution in [0.5, 0.6) is 0 Å². The number of hydrogen-bond donors (Lipinski definition) is 1. The molecule has 0 aliphatic carbocycles. The van der Waals surface area contributed by atoms with Crippen LogP contribution in [0.2, 0.25) is 0 Å². The van der Waals surface area contributed by atoms with Gasteiger partial charge in [0.25, 0.3) is 11.6 Å². The standard InChI is InChI=1S/C18H17N3O3S/c1-13-10-14(6-7-17(13)21(23)24)18(22)20-8-9-25-12-16-5-3-2-4-15(16)11-19/h2-7,10H,8-9,12H2,1H3,(H,20,22). The topological polar surface area (TPSA) is 96.0 Å². The number of aryl methyl sites for hydroxylation is 1. The van der Waals surface area contributed by atoms with Crippen LogP contribution in [0, 0.1) is 28.4 Å². The monoisotopic (exact) mass is 355 g/mol. The van der Waals surface area contributed by atoms with Crippen molar-refractivity contribution in [3.05, 3.63) is 74.8 Å². The molecule has 0 bridgehead atoms. The molecule has 0 aliphatic rings. The molecule has 0 unspecified atom stereocenters. The predicted molar refractivity (Wildman–Crippen MR) is 97.5 cm³/mol. The lowest BCUT2D eigenvalue weighted by Gasteiger charge is -2.07. The molecule has 2 rings (SSSR count). The number of carbonyl (C=O) groups excluding carboxylic acids is 1. The second-order valence-corrected chi connectivity index (χ2v) is 6.44. The van der Waals surface area contributed by atoms with E-state index in [-0.39, 0.29) is 11.6 Å². The first kappa shape index (κ1) is 18.5. The van der Waals surface area contributed by atoms with Crippen molar-refractivity contribution in [2.75, 3.05) is 12.3 Å². The van der Waals surface area contributed by atoms with E-state index in [0.29, 0.717) is 34.7 Å². The maximum absolute atomic E-state index is 12.1. The van der Waals surface area contributed by atoms with Crippen LogP contribution >= 0.6 is 11.8 Å². The van der Waals surface area contributed by atoms with E-state index in [1.54, 1.807) is 24.8 Å². The van der Waals surface area contributed by atoms with E-state index in [2.05, 4.69) is 11.4 Å². The molecule has 1 amide bonds. The summed E-state index contributed by atoms with van der Waals surface area (Å²) >= 11 is 1.63. The summed E-state index contributed by atoms with van der Waals surface area (Å²) in [5, 5.41) is 22.6. The molecule has 0 saturated carbocycles. The highest BCUT2D eigenvalue weighted by Crippen LogP contribution is 2.19. The summed E-state index contributed by atoms with van der Waals surface area (Å²) in [4.78, 5) is 22.4. The Hall–Kier alpha value is -2.85. The van der Waals surface area contributed by atoms with Crippen LogP contribution in [0.1, 0.15) is 27.0 Å². The minimum atomic E-state index is -0.466. The quantitative estimate of drug-likeness (QED) is 0.466. The molecule has 0 fully saturated rings. The summed E-state index contributed by atoms with van der Waals surface area (Å²) in [5.74, 6) is 1.16. The number of nitro benzene ring substituents is 1. The Kier molecular flexibility index (Phi) is 6.54. The maximum atomic E-state index is 12.1. The third-order valence-electron chi connectivity index (χ3n) is 3.58. The van der Waals surface area contributed by atoms with Crippen molar-refractivity contribution in [2.45, 2.75) is 12.7 Å². The number of benzene rings is 2. The van der Waals surface area contributed by atoms with Gasteiger partial charge >= 0.3 is 0 Å². The summed E-state index contributed by atoms with van der Waals surface area (Å²) in [7, 11) is 0. The Labute approximate surface area is 150 Å². The van der Waals surface area contributed by atoms with E-state index >= 15 is 0 Å². The number of nitrogens with zero attached hydrogens (tertiary/aromatic N) is 2. The lowest BCUT2D eigenvalue weighted by Crippen LogP contribution is -2.25. The minimum absolute atomic E-state index is 0.00302. The first-order chi connectivity index (χ1) is 12.0. The van der Waals surface area contributed by atoms with Crippen molar-refractivity contribution in [1.82, 2.24) is 5.32 Å². The molecule has 2 aromatic carbocycles. The predicted octanol–water partition coefficient (Wildman–Crippen LogP) is 3.44. The Balaban J connectivity index is 1.80. The molecule has 128 valence electrons. The summed E-state index contributed by atoms with van der Waals surface area (Å²) in [6, 6.07) is 13.9. The third kappa shape index (κ3) is 5.06. The highest BCUT2D eigenvalue weighted by molar-refractivity contribution is 7.98. The summed E-state index contributed by atoms with van der Waals surface area (Å²) in [6.07, 6.45) is 0. The molecule has 2 aromatic rings. The molecule has 0 aromatic heterocycles. The van der Waals surface area contributed by atoms with Gasteiger partial charge in [-0.1, -0.05) is 18.2 Å². The summed E-state index contributed by atoms with van der Waals surface area (Å²) in [6.45, 7) is 2.09. The first-order valence-corrected chi connectivity index (χ1v) is 8.77. The van der Waals surface area contributed by atoms with Crippen LogP contribution in [0.4, 0.5) is 5.69 Å². The van der Waals surface area contributed by atoms with Crippen LogP contribution in [0.25, 0.3) is 0 Å². The number of nitro groups is 1. The Bertz CT molecular complexity index is 831. The lowest BCUT2D eigenvalue weighted by atomic mass is 10.1. The second-order valence-electron chi connectivity index (χ2n) is 5.34. The van der Waals surface area contributed by atoms with Gasteiger partial charge in [-0.2, -0.15) is 17.0 Å². The first-order valence-electron chi connectivity index (χ1n) is 7.62. The fourth-order valence-corrected chi connectivity index (χ4v) is 3.14. The number of nitriles is 1. The molecule has 0 aliphatic heterocycles. The van der Waals surface area contributed by atoms with Gasteiger partial charge in [0.2, 0.25) is 0 Å². The highest BCUT2D eigenvalue weighted by Gasteiger charge is 2.13. The van der Waals surface area contributed by atoms with Gasteiger partial charge in [-0.25, -0.2) is 0 Å². The minimum Gasteiger partial charge on any atom is -0.351 e. The van der Waals surface area contributed by atoms with E-state index in [0.717, 1.165) is 5.56 Å². The molecule has 1 N–H and O–H groups in total. The molecule has 7 heteroatoms. The van der Waals surface area contributed by atoms with Crippen molar-refractivity contribution in [3.63, 3.8) is 0 Å². The van der Waals surface area contributed by atoms with Crippen LogP contribution < -0.4 is 5.32 Å².